The number of halogens is 1. The fraction of sp³-hybridized carbons (Fsp3) is 0.619. The Morgan fingerprint density at radius 3 is 2.41 bits per heavy atom. The lowest BCUT2D eigenvalue weighted by atomic mass is 9.64. The van der Waals surface area contributed by atoms with E-state index in [1.165, 1.54) is 0 Å². The third kappa shape index (κ3) is 2.63. The van der Waals surface area contributed by atoms with Crippen LogP contribution in [0.15, 0.2) is 18.2 Å². The summed E-state index contributed by atoms with van der Waals surface area (Å²) in [4.78, 5) is 25.6. The second-order valence-electron chi connectivity index (χ2n) is 8.35. The summed E-state index contributed by atoms with van der Waals surface area (Å²) < 4.78 is 10.6. The van der Waals surface area contributed by atoms with E-state index in [2.05, 4.69) is 35.1 Å². The van der Waals surface area contributed by atoms with Crippen LogP contribution in [0.3, 0.4) is 0 Å². The Balaban J connectivity index is 1.71. The van der Waals surface area contributed by atoms with E-state index in [0.29, 0.717) is 24.5 Å². The molecule has 2 bridgehead atoms. The monoisotopic (exact) mass is 437 g/mol. The van der Waals surface area contributed by atoms with Crippen molar-refractivity contribution >= 4 is 27.6 Å². The second kappa shape index (κ2) is 6.80. The molecule has 2 aliphatic carbocycles. The molecular formula is C21H28BrNO4. The van der Waals surface area contributed by atoms with E-state index >= 15 is 0 Å². The van der Waals surface area contributed by atoms with Gasteiger partial charge in [0, 0.05) is 12.0 Å². The minimum absolute atomic E-state index is 0.0237. The van der Waals surface area contributed by atoms with Crippen LogP contribution in [0.25, 0.3) is 0 Å². The number of carbonyl (C=O) groups is 2. The molecule has 0 saturated heterocycles. The molecule has 0 radical (unpaired) electrons. The summed E-state index contributed by atoms with van der Waals surface area (Å²) in [6.07, 6.45) is 2.19. The molecule has 1 aromatic carbocycles. The molecule has 2 aliphatic rings. The second-order valence-corrected chi connectivity index (χ2v) is 9.27. The standard InChI is InChI=1S/C21H28BrNO4/c1-19(2)20(3)9-10-21(19,16(22)17(20)24)18(25)23-11-8-13-6-7-14(26-4)15(12-13)27-5/h6-7,12,16H,8-11H2,1-5H3,(H,23,25)/t16-,20-,21-/m1/s1. The maximum Gasteiger partial charge on any atom is 0.228 e. The number of Topliss-reactive ketones (excluding diaryl/α,β-unsaturated/α-hetero) is 1. The summed E-state index contributed by atoms with van der Waals surface area (Å²) in [7, 11) is 3.21. The van der Waals surface area contributed by atoms with Gasteiger partial charge in [-0.25, -0.2) is 0 Å². The average Bonchev–Trinajstić information content (AvgIpc) is 2.93. The van der Waals surface area contributed by atoms with Crippen LogP contribution < -0.4 is 14.8 Å². The van der Waals surface area contributed by atoms with Crippen LogP contribution in [0.5, 0.6) is 11.5 Å². The van der Waals surface area contributed by atoms with Crippen molar-refractivity contribution in [1.29, 1.82) is 0 Å². The van der Waals surface area contributed by atoms with E-state index in [4.69, 9.17) is 9.47 Å². The minimum Gasteiger partial charge on any atom is -0.493 e. The molecule has 27 heavy (non-hydrogen) atoms. The molecule has 0 aliphatic heterocycles. The van der Waals surface area contributed by atoms with E-state index in [1.807, 2.05) is 25.1 Å². The van der Waals surface area contributed by atoms with Crippen LogP contribution in [0.2, 0.25) is 0 Å². The van der Waals surface area contributed by atoms with Crippen molar-refractivity contribution in [3.63, 3.8) is 0 Å². The van der Waals surface area contributed by atoms with Gasteiger partial charge in [0.2, 0.25) is 5.91 Å². The smallest absolute Gasteiger partial charge is 0.228 e. The first-order valence-corrected chi connectivity index (χ1v) is 10.2. The zero-order valence-corrected chi connectivity index (χ0v) is 18.2. The maximum atomic E-state index is 13.2. The van der Waals surface area contributed by atoms with Gasteiger partial charge in [0.25, 0.3) is 0 Å². The van der Waals surface area contributed by atoms with Gasteiger partial charge in [0.1, 0.15) is 0 Å². The molecule has 5 nitrogen and oxygen atoms in total. The van der Waals surface area contributed by atoms with E-state index < -0.39 is 15.7 Å². The molecule has 1 N–H and O–H groups in total. The molecule has 1 aromatic rings. The van der Waals surface area contributed by atoms with Gasteiger partial charge < -0.3 is 14.8 Å². The summed E-state index contributed by atoms with van der Waals surface area (Å²) in [6, 6.07) is 5.76. The first-order chi connectivity index (χ1) is 12.7. The number of carbonyl (C=O) groups excluding carboxylic acids is 2. The van der Waals surface area contributed by atoms with Gasteiger partial charge in [0.15, 0.2) is 17.3 Å². The van der Waals surface area contributed by atoms with Crippen LogP contribution in [-0.2, 0) is 16.0 Å². The highest BCUT2D eigenvalue weighted by Gasteiger charge is 2.76. The third-order valence-corrected chi connectivity index (χ3v) is 8.47. The van der Waals surface area contributed by atoms with Gasteiger partial charge >= 0.3 is 0 Å². The molecule has 0 heterocycles. The highest BCUT2D eigenvalue weighted by atomic mass is 79.9. The van der Waals surface area contributed by atoms with Gasteiger partial charge in [-0.1, -0.05) is 42.8 Å². The van der Waals surface area contributed by atoms with Gasteiger partial charge in [-0.15, -0.1) is 0 Å². The summed E-state index contributed by atoms with van der Waals surface area (Å²) >= 11 is 3.56. The van der Waals surface area contributed by atoms with Crippen LogP contribution in [-0.4, -0.2) is 37.3 Å². The summed E-state index contributed by atoms with van der Waals surface area (Å²) in [5.74, 6) is 1.50. The molecule has 2 fully saturated rings. The number of hydrogen-bond donors (Lipinski definition) is 1. The Kier molecular flexibility index (Phi) is 5.08. The molecule has 2 saturated carbocycles. The van der Waals surface area contributed by atoms with Crippen LogP contribution in [0, 0.1) is 16.2 Å². The number of amides is 1. The summed E-state index contributed by atoms with van der Waals surface area (Å²) in [6.45, 7) is 6.65. The fourth-order valence-electron chi connectivity index (χ4n) is 4.97. The number of ketones is 1. The van der Waals surface area contributed by atoms with Gasteiger partial charge in [0.05, 0.1) is 24.5 Å². The number of benzene rings is 1. The van der Waals surface area contributed by atoms with Crippen LogP contribution >= 0.6 is 15.9 Å². The zero-order valence-electron chi connectivity index (χ0n) is 16.6. The van der Waals surface area contributed by atoms with Crippen LogP contribution in [0.4, 0.5) is 0 Å². The molecular weight excluding hydrogens is 410 g/mol. The van der Waals surface area contributed by atoms with E-state index in [-0.39, 0.29) is 17.1 Å². The fourth-order valence-corrected chi connectivity index (χ4v) is 6.48. The van der Waals surface area contributed by atoms with E-state index in [0.717, 1.165) is 18.4 Å². The van der Waals surface area contributed by atoms with Crippen LogP contribution in [0.1, 0.15) is 39.2 Å². The predicted octanol–water partition coefficient (Wildman–Crippen LogP) is 3.52. The van der Waals surface area contributed by atoms with Crippen molar-refractivity contribution in [3.8, 4) is 11.5 Å². The Hall–Kier alpha value is -1.56. The van der Waals surface area contributed by atoms with Gasteiger partial charge in [-0.2, -0.15) is 0 Å². The molecule has 0 aromatic heterocycles. The third-order valence-electron chi connectivity index (χ3n) is 7.27. The maximum absolute atomic E-state index is 13.2. The average molecular weight is 438 g/mol. The Labute approximate surface area is 169 Å². The topological polar surface area (TPSA) is 64.6 Å². The van der Waals surface area contributed by atoms with E-state index in [1.54, 1.807) is 14.2 Å². The molecule has 3 rings (SSSR count). The van der Waals surface area contributed by atoms with Gasteiger partial charge in [-0.3, -0.25) is 9.59 Å². The highest BCUT2D eigenvalue weighted by Crippen LogP contribution is 2.72. The lowest BCUT2D eigenvalue weighted by molar-refractivity contribution is -0.135. The number of methoxy groups -OCH3 is 2. The number of alkyl halides is 1. The molecule has 3 atom stereocenters. The highest BCUT2D eigenvalue weighted by molar-refractivity contribution is 9.10. The van der Waals surface area contributed by atoms with E-state index in [9.17, 15) is 9.59 Å². The Morgan fingerprint density at radius 1 is 1.19 bits per heavy atom. The Bertz CT molecular complexity index is 777. The molecule has 1 amide bonds. The van der Waals surface area contributed by atoms with Crippen molar-refractivity contribution < 1.29 is 19.1 Å². The largest absolute Gasteiger partial charge is 0.493 e. The Morgan fingerprint density at radius 2 is 1.85 bits per heavy atom. The van der Waals surface area contributed by atoms with Crippen molar-refractivity contribution in [2.24, 2.45) is 16.2 Å². The molecule has 0 unspecified atom stereocenters. The lowest BCUT2D eigenvalue weighted by Gasteiger charge is -2.39. The molecule has 148 valence electrons. The quantitative estimate of drug-likeness (QED) is 0.691. The number of rotatable bonds is 6. The van der Waals surface area contributed by atoms with Crippen molar-refractivity contribution in [1.82, 2.24) is 5.32 Å². The van der Waals surface area contributed by atoms with Crippen molar-refractivity contribution in [2.45, 2.75) is 44.9 Å². The van der Waals surface area contributed by atoms with Crippen molar-refractivity contribution in [3.05, 3.63) is 23.8 Å². The SMILES string of the molecule is COc1ccc(CCNC(=O)[C@@]23CC[C@](C)(C(=O)[C@H]2Br)C3(C)C)cc1OC. The number of fused-ring (bicyclic) bond motifs is 2. The van der Waals surface area contributed by atoms with Crippen molar-refractivity contribution in [2.75, 3.05) is 20.8 Å². The number of nitrogens with one attached hydrogen (secondary N) is 1. The summed E-state index contributed by atoms with van der Waals surface area (Å²) in [5, 5.41) is 3.09. The molecule has 6 heteroatoms. The first kappa shape index (κ1) is 20.2. The number of ether oxygens (including phenoxy) is 2. The molecule has 0 spiro atoms. The first-order valence-electron chi connectivity index (χ1n) is 9.33. The number of hydrogen-bond acceptors (Lipinski definition) is 4. The summed E-state index contributed by atoms with van der Waals surface area (Å²) in [5.41, 5.74) is -0.449. The minimum atomic E-state index is -0.684. The normalized spacial score (nSPS) is 31.0. The predicted molar refractivity (Wildman–Crippen MR) is 108 cm³/mol. The lowest BCUT2D eigenvalue weighted by Crippen LogP contribution is -2.51. The zero-order chi connectivity index (χ0) is 20.0. The van der Waals surface area contributed by atoms with Gasteiger partial charge in [-0.05, 0) is 42.4 Å².